The molecule has 0 unspecified atom stereocenters. The number of carbonyl (C=O) groups is 1. The molecule has 0 saturated heterocycles. The number of carbonyl (C=O) groups excluding carboxylic acids is 1. The van der Waals surface area contributed by atoms with E-state index in [0.717, 1.165) is 0 Å². The number of hydrogen-bond acceptors (Lipinski definition) is 2. The summed E-state index contributed by atoms with van der Waals surface area (Å²) < 4.78 is 27.0. The van der Waals surface area contributed by atoms with E-state index in [0.29, 0.717) is 0 Å². The Labute approximate surface area is 116 Å². The van der Waals surface area contributed by atoms with Crippen LogP contribution in [0.3, 0.4) is 0 Å². The third-order valence-corrected chi connectivity index (χ3v) is 1.21. The van der Waals surface area contributed by atoms with E-state index in [4.69, 9.17) is 14.0 Å². The molecule has 94 valence electrons. The average molecular weight is 287 g/mol. The van der Waals surface area contributed by atoms with Crippen LogP contribution in [0.15, 0.2) is 36.7 Å². The van der Waals surface area contributed by atoms with Crippen LogP contribution in [0.2, 0.25) is 0 Å². The van der Waals surface area contributed by atoms with E-state index < -0.39 is 0 Å². The predicted molar refractivity (Wildman–Crippen MR) is 53.5 cm³/mol. The molecular weight excluding hydrogens is 278 g/mol. The first kappa shape index (κ1) is 25.2. The zero-order valence-corrected chi connectivity index (χ0v) is 10.6. The van der Waals surface area contributed by atoms with Gasteiger partial charge in [0.15, 0.2) is 0 Å². The number of allylic oxidation sites excluding steroid dienone is 4. The van der Waals surface area contributed by atoms with Crippen LogP contribution in [0.25, 0.3) is 0 Å². The molecule has 7 heteroatoms. The first-order valence-electron chi connectivity index (χ1n) is 3.84. The largest absolute Gasteiger partial charge is 0 e. The Balaban J connectivity index is -0.000000123. The molecule has 0 aromatic rings. The van der Waals surface area contributed by atoms with E-state index in [1.807, 2.05) is 12.2 Å². The maximum absolute atomic E-state index is 10.9. The maximum Gasteiger partial charge on any atom is 0 e. The van der Waals surface area contributed by atoms with Crippen LogP contribution in [0.5, 0.6) is 0 Å². The molecule has 0 aromatic heterocycles. The Kier molecular flexibility index (Phi) is 34.2. The Hall–Kier alpha value is -1.76. The van der Waals surface area contributed by atoms with Gasteiger partial charge < -0.3 is 4.74 Å². The quantitative estimate of drug-likeness (QED) is 0.499. The van der Waals surface area contributed by atoms with Gasteiger partial charge in [0.1, 0.15) is 0 Å². The molecule has 0 radical (unpaired) electrons. The van der Waals surface area contributed by atoms with Crippen molar-refractivity contribution >= 4 is 6.09 Å². The minimum atomic E-state index is -0.388. The molecule has 1 aliphatic heterocycles. The molecule has 0 spiro atoms. The summed E-state index contributed by atoms with van der Waals surface area (Å²) in [5, 5.41) is 0. The van der Waals surface area contributed by atoms with Crippen LogP contribution < -0.4 is 0 Å². The van der Waals surface area contributed by atoms with Gasteiger partial charge in [0.05, 0.1) is 7.11 Å². The van der Waals surface area contributed by atoms with E-state index >= 15 is 0 Å². The van der Waals surface area contributed by atoms with Crippen molar-refractivity contribution in [3.63, 3.8) is 0 Å². The van der Waals surface area contributed by atoms with Gasteiger partial charge in [0.2, 0.25) is 0 Å². The van der Waals surface area contributed by atoms with Crippen LogP contribution >= 0.6 is 0 Å². The summed E-state index contributed by atoms with van der Waals surface area (Å²) in [6, 6.07) is 0. The van der Waals surface area contributed by atoms with Gasteiger partial charge in [-0.05, 0) is 12.2 Å². The van der Waals surface area contributed by atoms with Gasteiger partial charge in [0.25, 0.3) is 0 Å². The Morgan fingerprint density at radius 3 is 1.56 bits per heavy atom. The SMILES string of the molecule is COC(=O)N1C=CC=CC=C1.[C-]#[O+].[C-]#[O+].[C-]#[O+].[Cr]. The third-order valence-electron chi connectivity index (χ3n) is 1.21. The summed E-state index contributed by atoms with van der Waals surface area (Å²) in [6.45, 7) is 13.5. The van der Waals surface area contributed by atoms with Gasteiger partial charge in [-0.3, -0.25) is 4.90 Å². The van der Waals surface area contributed by atoms with E-state index in [9.17, 15) is 4.79 Å². The second-order valence-electron chi connectivity index (χ2n) is 1.95. The molecule has 1 aliphatic rings. The number of amides is 1. The van der Waals surface area contributed by atoms with Gasteiger partial charge in [-0.15, -0.1) is 0 Å². The number of hydrogen-bond donors (Lipinski definition) is 0. The Bertz CT molecular complexity index is 311. The number of nitrogens with zero attached hydrogens (tertiary/aromatic N) is 1. The minimum absolute atomic E-state index is 0. The molecule has 0 aliphatic carbocycles. The molecule has 6 nitrogen and oxygen atoms in total. The first-order chi connectivity index (χ1) is 8.34. The van der Waals surface area contributed by atoms with Gasteiger partial charge in [-0.1, -0.05) is 12.2 Å². The van der Waals surface area contributed by atoms with E-state index in [2.05, 4.69) is 24.7 Å². The first-order valence-corrected chi connectivity index (χ1v) is 3.84. The van der Waals surface area contributed by atoms with Crippen molar-refractivity contribution in [1.82, 2.24) is 4.90 Å². The van der Waals surface area contributed by atoms with Crippen molar-refractivity contribution in [2.24, 2.45) is 0 Å². The molecule has 0 atom stereocenters. The van der Waals surface area contributed by atoms with Crippen LogP contribution in [-0.4, -0.2) is 18.1 Å². The number of methoxy groups -OCH3 is 1. The Morgan fingerprint density at radius 2 is 1.28 bits per heavy atom. The fraction of sp³-hybridized carbons (Fsp3) is 0.0909. The average Bonchev–Trinajstić information content (AvgIpc) is 2.73. The number of ether oxygens (including phenoxy) is 1. The standard InChI is InChI=1S/C8H9NO2.3CO.Cr/c1-11-8(10)9-6-4-2-3-5-7-9;3*1-2;/h2-7H,1H3;;;;. The molecule has 18 heavy (non-hydrogen) atoms. The molecule has 0 aromatic carbocycles. The summed E-state index contributed by atoms with van der Waals surface area (Å²) in [6.07, 6.45) is 10.1. The predicted octanol–water partition coefficient (Wildman–Crippen LogP) is 1.54. The molecule has 1 heterocycles. The summed E-state index contributed by atoms with van der Waals surface area (Å²) >= 11 is 0. The van der Waals surface area contributed by atoms with Gasteiger partial charge in [-0.2, -0.15) is 0 Å². The van der Waals surface area contributed by atoms with Gasteiger partial charge in [-0.25, -0.2) is 4.79 Å². The second kappa shape index (κ2) is 24.5. The van der Waals surface area contributed by atoms with Crippen molar-refractivity contribution in [2.75, 3.05) is 7.11 Å². The number of rotatable bonds is 0. The molecule has 1 rings (SSSR count). The summed E-state index contributed by atoms with van der Waals surface area (Å²) in [5.74, 6) is 0. The summed E-state index contributed by atoms with van der Waals surface area (Å²) in [7, 11) is 1.35. The van der Waals surface area contributed by atoms with Crippen LogP contribution in [0.4, 0.5) is 4.79 Å². The van der Waals surface area contributed by atoms with E-state index in [-0.39, 0.29) is 23.5 Å². The topological polar surface area (TPSA) is 89.2 Å². The summed E-state index contributed by atoms with van der Waals surface area (Å²) in [5.41, 5.74) is 0. The van der Waals surface area contributed by atoms with Crippen LogP contribution in [-0.2, 0) is 36.1 Å². The summed E-state index contributed by atoms with van der Waals surface area (Å²) in [4.78, 5) is 12.3. The minimum Gasteiger partial charge on any atom is 0 e. The smallest absolute Gasteiger partial charge is 0 e. The monoisotopic (exact) mass is 287 g/mol. The van der Waals surface area contributed by atoms with Crippen molar-refractivity contribution in [2.45, 2.75) is 0 Å². The molecule has 0 N–H and O–H groups in total. The second-order valence-corrected chi connectivity index (χ2v) is 1.95. The van der Waals surface area contributed by atoms with Crippen molar-refractivity contribution in [3.8, 4) is 0 Å². The molecule has 0 bridgehead atoms. The molecule has 0 fully saturated rings. The fourth-order valence-electron chi connectivity index (χ4n) is 0.690. The molecule has 1 amide bonds. The Morgan fingerprint density at radius 1 is 0.944 bits per heavy atom. The fourth-order valence-corrected chi connectivity index (χ4v) is 0.690. The van der Waals surface area contributed by atoms with Crippen molar-refractivity contribution in [1.29, 1.82) is 0 Å². The zero-order chi connectivity index (χ0) is 14.1. The molecule has 0 saturated carbocycles. The molecular formula is C11H9CrNO5. The third kappa shape index (κ3) is 14.2. The zero-order valence-electron chi connectivity index (χ0n) is 9.36. The van der Waals surface area contributed by atoms with Crippen molar-refractivity contribution < 1.29 is 40.8 Å². The van der Waals surface area contributed by atoms with Crippen molar-refractivity contribution in [3.05, 3.63) is 56.7 Å². The van der Waals surface area contributed by atoms with E-state index in [1.165, 1.54) is 12.0 Å². The maximum atomic E-state index is 10.9. The van der Waals surface area contributed by atoms with Crippen LogP contribution in [0.1, 0.15) is 0 Å². The van der Waals surface area contributed by atoms with Crippen LogP contribution in [0, 0.1) is 20.0 Å². The van der Waals surface area contributed by atoms with Gasteiger partial charge in [0, 0.05) is 29.8 Å². The van der Waals surface area contributed by atoms with Gasteiger partial charge >= 0.3 is 40.0 Å². The van der Waals surface area contributed by atoms with E-state index in [1.54, 1.807) is 24.6 Å². The normalized spacial score (nSPS) is 9.39.